The van der Waals surface area contributed by atoms with Crippen LogP contribution in [0.3, 0.4) is 0 Å². The van der Waals surface area contributed by atoms with Crippen molar-refractivity contribution in [1.82, 2.24) is 24.1 Å². The van der Waals surface area contributed by atoms with Crippen LogP contribution in [0.25, 0.3) is 5.69 Å². The van der Waals surface area contributed by atoms with Crippen LogP contribution < -0.4 is 11.2 Å². The van der Waals surface area contributed by atoms with Crippen molar-refractivity contribution in [2.45, 2.75) is 34.2 Å². The SMILES string of the molecule is CC(=O)N1CCN(C(=O)c2nn(-c3cc(C)cc(C)c3)c(=O)n(Cc3ccccc3C)c2=O)CC1. The summed E-state index contributed by atoms with van der Waals surface area (Å²) < 4.78 is 2.21. The first kappa shape index (κ1) is 24.1. The van der Waals surface area contributed by atoms with E-state index < -0.39 is 17.2 Å². The first-order valence-corrected chi connectivity index (χ1v) is 11.6. The largest absolute Gasteiger partial charge is 0.352 e. The van der Waals surface area contributed by atoms with Gasteiger partial charge in [-0.05, 0) is 55.2 Å². The molecule has 0 atom stereocenters. The van der Waals surface area contributed by atoms with Crippen LogP contribution in [0.15, 0.2) is 52.1 Å². The maximum absolute atomic E-state index is 13.5. The van der Waals surface area contributed by atoms with Gasteiger partial charge in [-0.3, -0.25) is 19.0 Å². The molecular weight excluding hydrogens is 446 g/mol. The van der Waals surface area contributed by atoms with Crippen molar-refractivity contribution in [3.05, 3.63) is 91.3 Å². The first-order valence-electron chi connectivity index (χ1n) is 11.6. The Bertz CT molecular complexity index is 1390. The second kappa shape index (κ2) is 9.69. The van der Waals surface area contributed by atoms with Gasteiger partial charge < -0.3 is 9.80 Å². The van der Waals surface area contributed by atoms with Crippen LogP contribution >= 0.6 is 0 Å². The normalized spacial score (nSPS) is 13.7. The van der Waals surface area contributed by atoms with Crippen LogP contribution in [-0.4, -0.2) is 62.1 Å². The number of nitrogens with zero attached hydrogens (tertiary/aromatic N) is 5. The van der Waals surface area contributed by atoms with E-state index in [-0.39, 0.29) is 18.1 Å². The maximum Gasteiger partial charge on any atom is 0.352 e. The summed E-state index contributed by atoms with van der Waals surface area (Å²) in [5, 5.41) is 4.28. The lowest BCUT2D eigenvalue weighted by Crippen LogP contribution is -2.52. The summed E-state index contributed by atoms with van der Waals surface area (Å²) in [7, 11) is 0. The monoisotopic (exact) mass is 475 g/mol. The van der Waals surface area contributed by atoms with Crippen LogP contribution in [0.5, 0.6) is 0 Å². The van der Waals surface area contributed by atoms with E-state index in [0.29, 0.717) is 31.9 Å². The number of rotatable bonds is 4. The van der Waals surface area contributed by atoms with Crippen LogP contribution in [0.1, 0.15) is 39.7 Å². The molecule has 3 aromatic rings. The molecule has 1 aliphatic rings. The minimum Gasteiger partial charge on any atom is -0.339 e. The molecule has 2 heterocycles. The van der Waals surface area contributed by atoms with Gasteiger partial charge in [-0.1, -0.05) is 30.3 Å². The van der Waals surface area contributed by atoms with E-state index in [1.807, 2.05) is 51.1 Å². The third-order valence-electron chi connectivity index (χ3n) is 6.32. The molecule has 35 heavy (non-hydrogen) atoms. The number of benzene rings is 2. The molecule has 4 rings (SSSR count). The predicted octanol–water partition coefficient (Wildman–Crippen LogP) is 1.67. The van der Waals surface area contributed by atoms with Crippen LogP contribution in [0, 0.1) is 20.8 Å². The van der Waals surface area contributed by atoms with E-state index in [1.165, 1.54) is 11.8 Å². The molecule has 2 amide bonds. The maximum atomic E-state index is 13.5. The first-order chi connectivity index (χ1) is 16.7. The molecular formula is C26H29N5O4. The van der Waals surface area contributed by atoms with Gasteiger partial charge in [0.2, 0.25) is 11.6 Å². The van der Waals surface area contributed by atoms with Crippen molar-refractivity contribution in [1.29, 1.82) is 0 Å². The summed E-state index contributed by atoms with van der Waals surface area (Å²) in [6.07, 6.45) is 0. The molecule has 1 aliphatic heterocycles. The molecule has 0 unspecified atom stereocenters. The van der Waals surface area contributed by atoms with Gasteiger partial charge >= 0.3 is 5.69 Å². The zero-order valence-electron chi connectivity index (χ0n) is 20.4. The molecule has 0 spiro atoms. The van der Waals surface area contributed by atoms with Crippen LogP contribution in [-0.2, 0) is 11.3 Å². The van der Waals surface area contributed by atoms with Crippen molar-refractivity contribution in [2.75, 3.05) is 26.2 Å². The second-order valence-electron chi connectivity index (χ2n) is 9.00. The van der Waals surface area contributed by atoms with Crippen LogP contribution in [0.4, 0.5) is 0 Å². The number of hydrogen-bond acceptors (Lipinski definition) is 5. The Morgan fingerprint density at radius 2 is 1.49 bits per heavy atom. The number of carbonyl (C=O) groups is 2. The average molecular weight is 476 g/mol. The van der Waals surface area contributed by atoms with Gasteiger partial charge in [-0.15, -0.1) is 0 Å². The van der Waals surface area contributed by atoms with Crippen molar-refractivity contribution < 1.29 is 9.59 Å². The van der Waals surface area contributed by atoms with Gasteiger partial charge in [0.05, 0.1) is 12.2 Å². The average Bonchev–Trinajstić information content (AvgIpc) is 2.82. The molecule has 1 aromatic heterocycles. The fourth-order valence-corrected chi connectivity index (χ4v) is 4.36. The summed E-state index contributed by atoms with van der Waals surface area (Å²) >= 11 is 0. The summed E-state index contributed by atoms with van der Waals surface area (Å²) in [6, 6.07) is 13.1. The minimum absolute atomic E-state index is 0.0239. The van der Waals surface area contributed by atoms with Crippen molar-refractivity contribution in [3.8, 4) is 5.69 Å². The Morgan fingerprint density at radius 3 is 2.09 bits per heavy atom. The van der Waals surface area contributed by atoms with Gasteiger partial charge in [0.15, 0.2) is 0 Å². The van der Waals surface area contributed by atoms with E-state index in [9.17, 15) is 19.2 Å². The second-order valence-corrected chi connectivity index (χ2v) is 9.00. The fourth-order valence-electron chi connectivity index (χ4n) is 4.36. The van der Waals surface area contributed by atoms with Gasteiger partial charge in [0.1, 0.15) is 0 Å². The van der Waals surface area contributed by atoms with E-state index in [0.717, 1.165) is 31.5 Å². The van der Waals surface area contributed by atoms with Crippen molar-refractivity contribution in [3.63, 3.8) is 0 Å². The molecule has 9 heteroatoms. The Kier molecular flexibility index (Phi) is 6.68. The summed E-state index contributed by atoms with van der Waals surface area (Å²) in [5.74, 6) is -0.603. The standard InChI is InChI=1S/C26H29N5O4/c1-17-13-18(2)15-22(14-17)31-26(35)30(16-21-8-6-5-7-19(21)3)25(34)23(27-31)24(33)29-11-9-28(10-12-29)20(4)32/h5-8,13-15H,9-12,16H2,1-4H3. The summed E-state index contributed by atoms with van der Waals surface area (Å²) in [5.41, 5.74) is 2.44. The zero-order chi connectivity index (χ0) is 25.3. The molecule has 1 saturated heterocycles. The molecule has 1 fully saturated rings. The quantitative estimate of drug-likeness (QED) is 0.572. The Balaban J connectivity index is 1.84. The van der Waals surface area contributed by atoms with Gasteiger partial charge in [0, 0.05) is 33.1 Å². The van der Waals surface area contributed by atoms with E-state index >= 15 is 0 Å². The third kappa shape index (κ3) is 4.94. The predicted molar refractivity (Wildman–Crippen MR) is 132 cm³/mol. The molecule has 0 saturated carbocycles. The van der Waals surface area contributed by atoms with Crippen molar-refractivity contribution >= 4 is 11.8 Å². The minimum atomic E-state index is -0.724. The number of carbonyl (C=O) groups excluding carboxylic acids is 2. The lowest BCUT2D eigenvalue weighted by Gasteiger charge is -2.33. The van der Waals surface area contributed by atoms with Crippen LogP contribution in [0.2, 0.25) is 0 Å². The van der Waals surface area contributed by atoms with E-state index in [1.54, 1.807) is 17.0 Å². The number of aromatic nitrogens is 3. The molecule has 9 nitrogen and oxygen atoms in total. The molecule has 0 N–H and O–H groups in total. The van der Waals surface area contributed by atoms with E-state index in [4.69, 9.17) is 0 Å². The molecule has 2 aromatic carbocycles. The zero-order valence-corrected chi connectivity index (χ0v) is 20.4. The molecule has 0 bridgehead atoms. The molecule has 0 aliphatic carbocycles. The summed E-state index contributed by atoms with van der Waals surface area (Å²) in [4.78, 5) is 55.2. The highest BCUT2D eigenvalue weighted by Gasteiger charge is 2.28. The van der Waals surface area contributed by atoms with E-state index in [2.05, 4.69) is 5.10 Å². The van der Waals surface area contributed by atoms with Crippen molar-refractivity contribution in [2.24, 2.45) is 0 Å². The fraction of sp³-hybridized carbons (Fsp3) is 0.346. The van der Waals surface area contributed by atoms with Gasteiger partial charge in [-0.25, -0.2) is 4.79 Å². The number of amides is 2. The Labute approximate surface area is 203 Å². The Hall–Kier alpha value is -4.01. The number of piperazine rings is 1. The van der Waals surface area contributed by atoms with Gasteiger partial charge in [-0.2, -0.15) is 9.78 Å². The lowest BCUT2D eigenvalue weighted by atomic mass is 10.1. The smallest absolute Gasteiger partial charge is 0.339 e. The highest BCUT2D eigenvalue weighted by molar-refractivity contribution is 5.92. The molecule has 0 radical (unpaired) electrons. The topological polar surface area (TPSA) is 97.5 Å². The lowest BCUT2D eigenvalue weighted by molar-refractivity contribution is -0.130. The molecule has 182 valence electrons. The Morgan fingerprint density at radius 1 is 0.886 bits per heavy atom. The third-order valence-corrected chi connectivity index (χ3v) is 6.32. The highest BCUT2D eigenvalue weighted by Crippen LogP contribution is 2.13. The van der Waals surface area contributed by atoms with Gasteiger partial charge in [0.25, 0.3) is 11.5 Å². The highest BCUT2D eigenvalue weighted by atomic mass is 16.2. The number of aryl methyl sites for hydroxylation is 3. The number of hydrogen-bond donors (Lipinski definition) is 0. The summed E-state index contributed by atoms with van der Waals surface area (Å²) in [6.45, 7) is 8.59.